The monoisotopic (exact) mass is 308 g/mol. The largest absolute Gasteiger partial charge is 0.348 e. The first-order valence-corrected chi connectivity index (χ1v) is 6.47. The zero-order valence-electron chi connectivity index (χ0n) is 11.5. The minimum Gasteiger partial charge on any atom is -0.348 e. The molecule has 1 aromatic carbocycles. The Morgan fingerprint density at radius 1 is 1.52 bits per heavy atom. The van der Waals surface area contributed by atoms with E-state index in [1.807, 2.05) is 14.0 Å². The van der Waals surface area contributed by atoms with Gasteiger partial charge in [-0.2, -0.15) is 5.10 Å². The molecule has 21 heavy (non-hydrogen) atoms. The number of nitrogens with zero attached hydrogens (tertiary/aromatic N) is 3. The van der Waals surface area contributed by atoms with Crippen LogP contribution in [0.15, 0.2) is 24.4 Å². The lowest BCUT2D eigenvalue weighted by atomic mass is 10.2. The summed E-state index contributed by atoms with van der Waals surface area (Å²) in [7, 11) is 1.82. The third kappa shape index (κ3) is 3.19. The van der Waals surface area contributed by atoms with Crippen molar-refractivity contribution in [2.24, 2.45) is 7.05 Å². The van der Waals surface area contributed by atoms with Crippen LogP contribution in [-0.4, -0.2) is 20.6 Å². The molecule has 0 unspecified atom stereocenters. The molecule has 0 atom stereocenters. The SMILES string of the molecule is Cc1c(CNC(=O)c2ccc([N+](=O)[O-])c(Cl)c2)cnn1C. The first-order chi connectivity index (χ1) is 9.90. The first kappa shape index (κ1) is 15.0. The fourth-order valence-corrected chi connectivity index (χ4v) is 2.04. The standard InChI is InChI=1S/C13H13ClN4O3/c1-8-10(7-16-17(8)2)6-15-13(19)9-3-4-12(18(20)21)11(14)5-9/h3-5,7H,6H2,1-2H3,(H,15,19). The van der Waals surface area contributed by atoms with Crippen LogP contribution in [0.25, 0.3) is 0 Å². The van der Waals surface area contributed by atoms with Crippen molar-refractivity contribution >= 4 is 23.2 Å². The molecule has 1 N–H and O–H groups in total. The van der Waals surface area contributed by atoms with Crippen molar-refractivity contribution in [3.8, 4) is 0 Å². The number of nitrogens with one attached hydrogen (secondary N) is 1. The van der Waals surface area contributed by atoms with Crippen LogP contribution in [0, 0.1) is 17.0 Å². The Morgan fingerprint density at radius 2 is 2.24 bits per heavy atom. The third-order valence-corrected chi connectivity index (χ3v) is 3.49. The predicted molar refractivity (Wildman–Crippen MR) is 77.2 cm³/mol. The van der Waals surface area contributed by atoms with Crippen LogP contribution in [0.3, 0.4) is 0 Å². The minimum absolute atomic E-state index is 0.0646. The topological polar surface area (TPSA) is 90.1 Å². The van der Waals surface area contributed by atoms with E-state index in [0.717, 1.165) is 11.3 Å². The molecular weight excluding hydrogens is 296 g/mol. The van der Waals surface area contributed by atoms with Crippen molar-refractivity contribution in [1.29, 1.82) is 0 Å². The number of aryl methyl sites for hydroxylation is 1. The van der Waals surface area contributed by atoms with Crippen LogP contribution in [0.5, 0.6) is 0 Å². The van der Waals surface area contributed by atoms with E-state index < -0.39 is 4.92 Å². The number of carbonyl (C=O) groups excluding carboxylic acids is 1. The van der Waals surface area contributed by atoms with Gasteiger partial charge in [0.05, 0.1) is 11.1 Å². The van der Waals surface area contributed by atoms with Gasteiger partial charge in [-0.3, -0.25) is 19.6 Å². The number of aromatic nitrogens is 2. The van der Waals surface area contributed by atoms with Crippen molar-refractivity contribution in [1.82, 2.24) is 15.1 Å². The molecule has 110 valence electrons. The Labute approximate surface area is 125 Å². The first-order valence-electron chi connectivity index (χ1n) is 6.09. The maximum absolute atomic E-state index is 12.0. The quantitative estimate of drug-likeness (QED) is 0.692. The van der Waals surface area contributed by atoms with E-state index in [2.05, 4.69) is 10.4 Å². The van der Waals surface area contributed by atoms with Crippen molar-refractivity contribution in [3.05, 3.63) is 56.4 Å². The number of hydrogen-bond donors (Lipinski definition) is 1. The van der Waals surface area contributed by atoms with Gasteiger partial charge in [0.25, 0.3) is 11.6 Å². The number of carbonyl (C=O) groups is 1. The lowest BCUT2D eigenvalue weighted by molar-refractivity contribution is -0.384. The van der Waals surface area contributed by atoms with Crippen molar-refractivity contribution < 1.29 is 9.72 Å². The van der Waals surface area contributed by atoms with Gasteiger partial charge in [0.2, 0.25) is 0 Å². The molecule has 0 saturated carbocycles. The maximum atomic E-state index is 12.0. The summed E-state index contributed by atoms with van der Waals surface area (Å²) >= 11 is 5.78. The smallest absolute Gasteiger partial charge is 0.287 e. The summed E-state index contributed by atoms with van der Waals surface area (Å²) in [5, 5.41) is 17.4. The number of halogens is 1. The lowest BCUT2D eigenvalue weighted by Gasteiger charge is -2.05. The van der Waals surface area contributed by atoms with Crippen LogP contribution in [0.1, 0.15) is 21.6 Å². The van der Waals surface area contributed by atoms with Gasteiger partial charge >= 0.3 is 0 Å². The molecular formula is C13H13ClN4O3. The highest BCUT2D eigenvalue weighted by Gasteiger charge is 2.15. The van der Waals surface area contributed by atoms with E-state index >= 15 is 0 Å². The second-order valence-electron chi connectivity index (χ2n) is 4.48. The van der Waals surface area contributed by atoms with Gasteiger partial charge in [0.1, 0.15) is 5.02 Å². The molecule has 2 aromatic rings. The predicted octanol–water partition coefficient (Wildman–Crippen LogP) is 2.22. The van der Waals surface area contributed by atoms with E-state index in [-0.39, 0.29) is 22.2 Å². The fraction of sp³-hybridized carbons (Fsp3) is 0.231. The molecule has 0 aliphatic heterocycles. The number of nitro groups is 1. The zero-order chi connectivity index (χ0) is 15.6. The van der Waals surface area contributed by atoms with E-state index in [0.29, 0.717) is 6.54 Å². The minimum atomic E-state index is -0.594. The van der Waals surface area contributed by atoms with Crippen LogP contribution in [0.4, 0.5) is 5.69 Å². The molecule has 0 spiro atoms. The summed E-state index contributed by atoms with van der Waals surface area (Å²) in [6, 6.07) is 3.87. The summed E-state index contributed by atoms with van der Waals surface area (Å²) in [6.45, 7) is 2.23. The Hall–Kier alpha value is -2.41. The van der Waals surface area contributed by atoms with Gasteiger partial charge in [-0.05, 0) is 19.1 Å². The Kier molecular flexibility index (Phi) is 4.23. The Bertz CT molecular complexity index is 711. The molecule has 0 bridgehead atoms. The lowest BCUT2D eigenvalue weighted by Crippen LogP contribution is -2.23. The number of rotatable bonds is 4. The molecule has 1 amide bonds. The molecule has 0 aliphatic carbocycles. The van der Waals surface area contributed by atoms with Gasteiger partial charge in [0, 0.05) is 36.5 Å². The molecule has 0 radical (unpaired) electrons. The number of benzene rings is 1. The van der Waals surface area contributed by atoms with Gasteiger partial charge in [-0.15, -0.1) is 0 Å². The second-order valence-corrected chi connectivity index (χ2v) is 4.89. The van der Waals surface area contributed by atoms with Crippen LogP contribution >= 0.6 is 11.6 Å². The zero-order valence-corrected chi connectivity index (χ0v) is 12.2. The van der Waals surface area contributed by atoms with Crippen molar-refractivity contribution in [2.45, 2.75) is 13.5 Å². The summed E-state index contributed by atoms with van der Waals surface area (Å²) in [5.41, 5.74) is 1.90. The number of nitro benzene ring substituents is 1. The van der Waals surface area contributed by atoms with Gasteiger partial charge < -0.3 is 5.32 Å². The number of amides is 1. The Morgan fingerprint density at radius 3 is 2.76 bits per heavy atom. The third-order valence-electron chi connectivity index (χ3n) is 3.18. The Balaban J connectivity index is 2.09. The van der Waals surface area contributed by atoms with Gasteiger partial charge in [-0.25, -0.2) is 0 Å². The normalized spacial score (nSPS) is 10.4. The highest BCUT2D eigenvalue weighted by atomic mass is 35.5. The summed E-state index contributed by atoms with van der Waals surface area (Å²) in [4.78, 5) is 22.1. The molecule has 2 rings (SSSR count). The summed E-state index contributed by atoms with van der Waals surface area (Å²) in [5.74, 6) is -0.352. The average Bonchev–Trinajstić information content (AvgIpc) is 2.75. The molecule has 0 fully saturated rings. The van der Waals surface area contributed by atoms with Gasteiger partial charge in [-0.1, -0.05) is 11.6 Å². The molecule has 0 aliphatic rings. The van der Waals surface area contributed by atoms with Crippen molar-refractivity contribution in [3.63, 3.8) is 0 Å². The molecule has 1 heterocycles. The highest BCUT2D eigenvalue weighted by Crippen LogP contribution is 2.24. The van der Waals surface area contributed by atoms with Crippen LogP contribution in [-0.2, 0) is 13.6 Å². The van der Waals surface area contributed by atoms with E-state index in [1.54, 1.807) is 10.9 Å². The summed E-state index contributed by atoms with van der Waals surface area (Å²) in [6.07, 6.45) is 1.68. The molecule has 0 saturated heterocycles. The summed E-state index contributed by atoms with van der Waals surface area (Å²) < 4.78 is 1.71. The fourth-order valence-electron chi connectivity index (χ4n) is 1.79. The highest BCUT2D eigenvalue weighted by molar-refractivity contribution is 6.33. The second kappa shape index (κ2) is 5.92. The van der Waals surface area contributed by atoms with E-state index in [9.17, 15) is 14.9 Å². The molecule has 1 aromatic heterocycles. The number of hydrogen-bond acceptors (Lipinski definition) is 4. The van der Waals surface area contributed by atoms with Crippen LogP contribution in [0.2, 0.25) is 5.02 Å². The van der Waals surface area contributed by atoms with E-state index in [1.165, 1.54) is 18.2 Å². The van der Waals surface area contributed by atoms with Gasteiger partial charge in [0.15, 0.2) is 0 Å². The van der Waals surface area contributed by atoms with E-state index in [4.69, 9.17) is 11.6 Å². The van der Waals surface area contributed by atoms with Crippen molar-refractivity contribution in [2.75, 3.05) is 0 Å². The average molecular weight is 309 g/mol. The molecule has 8 heteroatoms. The van der Waals surface area contributed by atoms with Crippen LogP contribution < -0.4 is 5.32 Å². The molecule has 7 nitrogen and oxygen atoms in total. The maximum Gasteiger partial charge on any atom is 0.287 e.